The van der Waals surface area contributed by atoms with Crippen LogP contribution in [0.2, 0.25) is 0 Å². The van der Waals surface area contributed by atoms with Crippen molar-refractivity contribution in [3.8, 4) is 11.3 Å². The highest BCUT2D eigenvalue weighted by atomic mass is 79.9. The molecule has 1 aromatic carbocycles. The van der Waals surface area contributed by atoms with E-state index in [0.717, 1.165) is 15.4 Å². The lowest BCUT2D eigenvalue weighted by Gasteiger charge is -2.23. The number of rotatable bonds is 7. The molecule has 0 saturated heterocycles. The average molecular weight is 485 g/mol. The van der Waals surface area contributed by atoms with Crippen molar-refractivity contribution in [2.45, 2.75) is 39.6 Å². The fourth-order valence-electron chi connectivity index (χ4n) is 3.67. The van der Waals surface area contributed by atoms with E-state index in [1.165, 1.54) is 11.7 Å². The second-order valence-electron chi connectivity index (χ2n) is 8.12. The Morgan fingerprint density at radius 1 is 1.20 bits per heavy atom. The molecule has 0 aliphatic heterocycles. The minimum atomic E-state index is -4.40. The summed E-state index contributed by atoms with van der Waals surface area (Å²) in [7, 11) is 1.52. The Bertz CT molecular complexity index is 1040. The van der Waals surface area contributed by atoms with E-state index >= 15 is 0 Å². The molecule has 2 heterocycles. The van der Waals surface area contributed by atoms with Gasteiger partial charge in [0.2, 0.25) is 0 Å². The molecule has 0 fully saturated rings. The zero-order chi connectivity index (χ0) is 22.1. The summed E-state index contributed by atoms with van der Waals surface area (Å²) in [4.78, 5) is 4.35. The molecule has 3 rings (SSSR count). The third kappa shape index (κ3) is 4.87. The van der Waals surface area contributed by atoms with Crippen LogP contribution in [0.5, 0.6) is 0 Å². The Balaban J connectivity index is 2.41. The second kappa shape index (κ2) is 8.69. The molecule has 0 spiro atoms. The molecule has 0 unspecified atom stereocenters. The number of aliphatic hydroxyl groups excluding tert-OH is 1. The molecule has 0 saturated carbocycles. The maximum absolute atomic E-state index is 13.6. The zero-order valence-electron chi connectivity index (χ0n) is 17.1. The lowest BCUT2D eigenvalue weighted by molar-refractivity contribution is -0.139. The molecule has 3 aromatic rings. The number of methoxy groups -OCH3 is 1. The summed E-state index contributed by atoms with van der Waals surface area (Å²) in [5, 5.41) is 10.6. The molecular formula is C22H24BrF3N2O2. The van der Waals surface area contributed by atoms with E-state index in [4.69, 9.17) is 4.74 Å². The van der Waals surface area contributed by atoms with Gasteiger partial charge < -0.3 is 14.4 Å². The van der Waals surface area contributed by atoms with E-state index in [1.54, 1.807) is 30.5 Å². The van der Waals surface area contributed by atoms with E-state index < -0.39 is 18.1 Å². The van der Waals surface area contributed by atoms with Crippen molar-refractivity contribution in [3.05, 3.63) is 52.3 Å². The quantitative estimate of drug-likeness (QED) is 0.465. The molecule has 30 heavy (non-hydrogen) atoms. The topological polar surface area (TPSA) is 47.3 Å². The van der Waals surface area contributed by atoms with Crippen molar-refractivity contribution in [2.75, 3.05) is 13.7 Å². The molecule has 0 aliphatic carbocycles. The Kier molecular flexibility index (Phi) is 6.60. The highest BCUT2D eigenvalue weighted by Crippen LogP contribution is 2.41. The number of fused-ring (bicyclic) bond motifs is 1. The summed E-state index contributed by atoms with van der Waals surface area (Å²) in [6, 6.07) is 8.74. The Morgan fingerprint density at radius 3 is 2.57 bits per heavy atom. The summed E-state index contributed by atoms with van der Waals surface area (Å²) in [5.74, 6) is 0. The van der Waals surface area contributed by atoms with Crippen molar-refractivity contribution in [1.82, 2.24) is 9.55 Å². The van der Waals surface area contributed by atoms with Crippen LogP contribution < -0.4 is 0 Å². The van der Waals surface area contributed by atoms with E-state index in [1.807, 2.05) is 19.9 Å². The first-order chi connectivity index (χ1) is 14.1. The summed E-state index contributed by atoms with van der Waals surface area (Å²) >= 11 is 3.44. The maximum atomic E-state index is 13.6. The normalized spacial score (nSPS) is 12.7. The van der Waals surface area contributed by atoms with Crippen LogP contribution in [-0.2, 0) is 24.3 Å². The largest absolute Gasteiger partial charge is 0.406 e. The number of nitrogens with zero attached hydrogens (tertiary/aromatic N) is 2. The number of alkyl halides is 3. The molecular weight excluding hydrogens is 461 g/mol. The van der Waals surface area contributed by atoms with E-state index in [2.05, 4.69) is 20.9 Å². The van der Waals surface area contributed by atoms with Crippen LogP contribution in [0.3, 0.4) is 0 Å². The first-order valence-electron chi connectivity index (χ1n) is 9.48. The van der Waals surface area contributed by atoms with Crippen molar-refractivity contribution in [2.24, 2.45) is 5.41 Å². The van der Waals surface area contributed by atoms with Gasteiger partial charge in [0, 0.05) is 40.9 Å². The van der Waals surface area contributed by atoms with Gasteiger partial charge in [-0.2, -0.15) is 13.2 Å². The second-order valence-corrected chi connectivity index (χ2v) is 9.04. The Labute approximate surface area is 181 Å². The van der Waals surface area contributed by atoms with E-state index in [0.29, 0.717) is 28.9 Å². The van der Waals surface area contributed by atoms with Gasteiger partial charge in [0.15, 0.2) is 0 Å². The van der Waals surface area contributed by atoms with Crippen LogP contribution in [-0.4, -0.2) is 34.6 Å². The summed E-state index contributed by atoms with van der Waals surface area (Å²) in [6.07, 6.45) is -2.40. The highest BCUT2D eigenvalue weighted by molar-refractivity contribution is 9.10. The third-order valence-electron chi connectivity index (χ3n) is 4.98. The Morgan fingerprint density at radius 2 is 1.93 bits per heavy atom. The molecule has 8 heteroatoms. The predicted octanol–water partition coefficient (Wildman–Crippen LogP) is 5.74. The summed E-state index contributed by atoms with van der Waals surface area (Å²) in [6.45, 7) is 2.74. The van der Waals surface area contributed by atoms with Gasteiger partial charge in [-0.25, -0.2) is 0 Å². The number of hydrogen-bond donors (Lipinski definition) is 1. The monoisotopic (exact) mass is 484 g/mol. The predicted molar refractivity (Wildman–Crippen MR) is 114 cm³/mol. The minimum Gasteiger partial charge on any atom is -0.396 e. The molecule has 162 valence electrons. The van der Waals surface area contributed by atoms with Gasteiger partial charge in [-0.05, 0) is 47.7 Å². The lowest BCUT2D eigenvalue weighted by Crippen LogP contribution is -2.21. The number of aromatic nitrogens is 2. The summed E-state index contributed by atoms with van der Waals surface area (Å²) < 4.78 is 48.1. The lowest BCUT2D eigenvalue weighted by atomic mass is 9.84. The van der Waals surface area contributed by atoms with Crippen LogP contribution in [0.1, 0.15) is 25.1 Å². The highest BCUT2D eigenvalue weighted by Gasteiger charge is 2.33. The molecule has 0 aliphatic rings. The minimum absolute atomic E-state index is 0.0929. The standard InChI is InChI=1S/C22H24BrF3N2O2/c1-21(2,13-29)10-17-16-9-14(23)6-7-19(16)28(12-22(24,25)26)20(17)15-5-4-8-27-18(15)11-30-3/h4-9,29H,10-13H2,1-3H3. The van der Waals surface area contributed by atoms with Gasteiger partial charge in [0.25, 0.3) is 0 Å². The van der Waals surface area contributed by atoms with Crippen LogP contribution in [0.15, 0.2) is 41.0 Å². The number of halogens is 4. The zero-order valence-corrected chi connectivity index (χ0v) is 18.6. The molecule has 0 radical (unpaired) electrons. The van der Waals surface area contributed by atoms with Crippen LogP contribution >= 0.6 is 15.9 Å². The first kappa shape index (κ1) is 22.8. The SMILES string of the molecule is COCc1ncccc1-c1c(CC(C)(C)CO)c2cc(Br)ccc2n1CC(F)(F)F. The van der Waals surface area contributed by atoms with E-state index in [9.17, 15) is 18.3 Å². The van der Waals surface area contributed by atoms with Gasteiger partial charge in [-0.15, -0.1) is 0 Å². The van der Waals surface area contributed by atoms with Gasteiger partial charge in [0.05, 0.1) is 18.0 Å². The Hall–Kier alpha value is -1.90. The smallest absolute Gasteiger partial charge is 0.396 e. The average Bonchev–Trinajstić information content (AvgIpc) is 2.93. The maximum Gasteiger partial charge on any atom is 0.406 e. The number of pyridine rings is 1. The van der Waals surface area contributed by atoms with Crippen molar-refractivity contribution >= 4 is 26.8 Å². The van der Waals surface area contributed by atoms with Gasteiger partial charge >= 0.3 is 6.18 Å². The van der Waals surface area contributed by atoms with Crippen LogP contribution in [0, 0.1) is 5.41 Å². The molecule has 0 bridgehead atoms. The fourth-order valence-corrected chi connectivity index (χ4v) is 4.03. The fraction of sp³-hybridized carbons (Fsp3) is 0.409. The van der Waals surface area contributed by atoms with E-state index in [-0.39, 0.29) is 13.2 Å². The van der Waals surface area contributed by atoms with Crippen molar-refractivity contribution < 1.29 is 23.0 Å². The van der Waals surface area contributed by atoms with Crippen molar-refractivity contribution in [1.29, 1.82) is 0 Å². The third-order valence-corrected chi connectivity index (χ3v) is 5.47. The number of aliphatic hydroxyl groups is 1. The summed E-state index contributed by atoms with van der Waals surface area (Å²) in [5.41, 5.74) is 2.34. The molecule has 1 N–H and O–H groups in total. The molecule has 2 aromatic heterocycles. The van der Waals surface area contributed by atoms with Gasteiger partial charge in [-0.1, -0.05) is 29.8 Å². The first-order valence-corrected chi connectivity index (χ1v) is 10.3. The number of benzene rings is 1. The molecule has 0 amide bonds. The van der Waals surface area contributed by atoms with Crippen molar-refractivity contribution in [3.63, 3.8) is 0 Å². The van der Waals surface area contributed by atoms with Gasteiger partial charge in [0.1, 0.15) is 6.54 Å². The molecule has 0 atom stereocenters. The van der Waals surface area contributed by atoms with Crippen LogP contribution in [0.4, 0.5) is 13.2 Å². The van der Waals surface area contributed by atoms with Crippen LogP contribution in [0.25, 0.3) is 22.2 Å². The molecule has 4 nitrogen and oxygen atoms in total. The number of ether oxygens (including phenoxy) is 1. The number of hydrogen-bond acceptors (Lipinski definition) is 3. The van der Waals surface area contributed by atoms with Gasteiger partial charge in [-0.3, -0.25) is 4.98 Å².